The SMILES string of the molecule is COC(=O)C1CN(C(=O)c2cc(N3CC[C@H](N[C@H](C)c4cccc5ccccc45)C3)ccc2F)C1. The number of amides is 1. The molecule has 2 aliphatic heterocycles. The van der Waals surface area contributed by atoms with Crippen molar-refractivity contribution in [1.29, 1.82) is 0 Å². The molecule has 0 unspecified atom stereocenters. The maximum absolute atomic E-state index is 14.5. The van der Waals surface area contributed by atoms with Gasteiger partial charge in [-0.15, -0.1) is 0 Å². The molecule has 0 spiro atoms. The van der Waals surface area contributed by atoms with E-state index in [9.17, 15) is 14.0 Å². The highest BCUT2D eigenvalue weighted by Gasteiger charge is 2.37. The predicted octanol–water partition coefficient (Wildman–Crippen LogP) is 4.15. The van der Waals surface area contributed by atoms with Crippen LogP contribution in [0.2, 0.25) is 0 Å². The fourth-order valence-corrected chi connectivity index (χ4v) is 5.21. The minimum atomic E-state index is -0.543. The minimum absolute atomic E-state index is 0.0475. The molecule has 2 heterocycles. The Kier molecular flexibility index (Phi) is 6.43. The third-order valence-electron chi connectivity index (χ3n) is 7.21. The van der Waals surface area contributed by atoms with Gasteiger partial charge < -0.3 is 19.9 Å². The molecule has 2 fully saturated rings. The zero-order valence-corrected chi connectivity index (χ0v) is 20.0. The summed E-state index contributed by atoms with van der Waals surface area (Å²) < 4.78 is 19.3. The number of fused-ring (bicyclic) bond motifs is 1. The van der Waals surface area contributed by atoms with Crippen molar-refractivity contribution >= 4 is 28.3 Å². The first-order valence-corrected chi connectivity index (χ1v) is 12.1. The Hall–Kier alpha value is -3.45. The predicted molar refractivity (Wildman–Crippen MR) is 134 cm³/mol. The maximum atomic E-state index is 14.5. The first-order valence-electron chi connectivity index (χ1n) is 12.1. The fraction of sp³-hybridized carbons (Fsp3) is 0.357. The second-order valence-corrected chi connectivity index (χ2v) is 9.48. The number of nitrogens with zero attached hydrogens (tertiary/aromatic N) is 2. The number of carbonyl (C=O) groups is 2. The van der Waals surface area contributed by atoms with E-state index in [2.05, 4.69) is 59.6 Å². The van der Waals surface area contributed by atoms with Crippen LogP contribution in [0, 0.1) is 11.7 Å². The number of benzene rings is 3. The Morgan fingerprint density at radius 1 is 1.06 bits per heavy atom. The van der Waals surface area contributed by atoms with Gasteiger partial charge in [0.15, 0.2) is 0 Å². The number of hydrogen-bond donors (Lipinski definition) is 1. The molecule has 3 aromatic rings. The summed E-state index contributed by atoms with van der Waals surface area (Å²) in [6, 6.07) is 20.0. The van der Waals surface area contributed by atoms with Gasteiger partial charge in [0.05, 0.1) is 18.6 Å². The van der Waals surface area contributed by atoms with Gasteiger partial charge in [-0.25, -0.2) is 4.39 Å². The second kappa shape index (κ2) is 9.66. The lowest BCUT2D eigenvalue weighted by Crippen LogP contribution is -2.53. The van der Waals surface area contributed by atoms with E-state index in [1.54, 1.807) is 12.1 Å². The van der Waals surface area contributed by atoms with Crippen molar-refractivity contribution in [3.8, 4) is 0 Å². The van der Waals surface area contributed by atoms with E-state index in [0.717, 1.165) is 25.2 Å². The Balaban J connectivity index is 1.24. The molecule has 0 aromatic heterocycles. The van der Waals surface area contributed by atoms with Crippen molar-refractivity contribution < 1.29 is 18.7 Å². The molecule has 0 saturated carbocycles. The van der Waals surface area contributed by atoms with E-state index < -0.39 is 5.82 Å². The van der Waals surface area contributed by atoms with Crippen LogP contribution >= 0.6 is 0 Å². The zero-order chi connectivity index (χ0) is 24.5. The van der Waals surface area contributed by atoms with Gasteiger partial charge in [-0.05, 0) is 47.9 Å². The molecular weight excluding hydrogens is 445 g/mol. The number of ether oxygens (including phenoxy) is 1. The lowest BCUT2D eigenvalue weighted by molar-refractivity contribution is -0.149. The minimum Gasteiger partial charge on any atom is -0.469 e. The molecule has 0 bridgehead atoms. The van der Waals surface area contributed by atoms with Crippen LogP contribution in [0.4, 0.5) is 10.1 Å². The smallest absolute Gasteiger partial charge is 0.312 e. The summed E-state index contributed by atoms with van der Waals surface area (Å²) >= 11 is 0. The Morgan fingerprint density at radius 3 is 2.63 bits per heavy atom. The first-order chi connectivity index (χ1) is 16.9. The van der Waals surface area contributed by atoms with Gasteiger partial charge in [-0.3, -0.25) is 9.59 Å². The van der Waals surface area contributed by atoms with Crippen LogP contribution in [-0.4, -0.2) is 56.1 Å². The van der Waals surface area contributed by atoms with E-state index in [1.807, 2.05) is 0 Å². The van der Waals surface area contributed by atoms with E-state index in [1.165, 1.54) is 34.4 Å². The fourth-order valence-electron chi connectivity index (χ4n) is 5.21. The monoisotopic (exact) mass is 475 g/mol. The average molecular weight is 476 g/mol. The molecular formula is C28H30FN3O3. The number of nitrogens with one attached hydrogen (secondary N) is 1. The van der Waals surface area contributed by atoms with E-state index in [0.29, 0.717) is 0 Å². The lowest BCUT2D eigenvalue weighted by atomic mass is 9.98. The summed E-state index contributed by atoms with van der Waals surface area (Å²) in [7, 11) is 1.33. The van der Waals surface area contributed by atoms with E-state index in [4.69, 9.17) is 4.74 Å². The van der Waals surface area contributed by atoms with E-state index >= 15 is 0 Å². The molecule has 1 N–H and O–H groups in total. The van der Waals surface area contributed by atoms with Crippen molar-refractivity contribution in [3.63, 3.8) is 0 Å². The standard InChI is InChI=1S/C28H30FN3O3/c1-18(23-9-5-7-19-6-3-4-8-24(19)23)30-21-12-13-31(17-21)22-10-11-26(29)25(14-22)27(33)32-15-20(16-32)28(34)35-2/h3-11,14,18,20-21,30H,12-13,15-17H2,1-2H3/t18-,21+/m1/s1. The number of hydrogen-bond acceptors (Lipinski definition) is 5. The quantitative estimate of drug-likeness (QED) is 0.543. The van der Waals surface area contributed by atoms with Crippen LogP contribution in [0.3, 0.4) is 0 Å². The van der Waals surface area contributed by atoms with Crippen LogP contribution in [-0.2, 0) is 9.53 Å². The topological polar surface area (TPSA) is 61.9 Å². The first kappa shape index (κ1) is 23.3. The Bertz CT molecular complexity index is 1250. The summed E-state index contributed by atoms with van der Waals surface area (Å²) in [5.74, 6) is -1.59. The highest BCUT2D eigenvalue weighted by Crippen LogP contribution is 2.29. The third kappa shape index (κ3) is 4.60. The molecule has 6 nitrogen and oxygen atoms in total. The molecule has 0 radical (unpaired) electrons. The molecule has 182 valence electrons. The van der Waals surface area contributed by atoms with Gasteiger partial charge in [0.25, 0.3) is 5.91 Å². The van der Waals surface area contributed by atoms with Crippen molar-refractivity contribution in [2.24, 2.45) is 5.92 Å². The number of halogens is 1. The molecule has 2 atom stereocenters. The van der Waals surface area contributed by atoms with Crippen molar-refractivity contribution in [2.75, 3.05) is 38.2 Å². The maximum Gasteiger partial charge on any atom is 0.312 e. The van der Waals surface area contributed by atoms with Crippen LogP contribution < -0.4 is 10.2 Å². The highest BCUT2D eigenvalue weighted by atomic mass is 19.1. The number of methoxy groups -OCH3 is 1. The normalized spacial score (nSPS) is 19.0. The van der Waals surface area contributed by atoms with Crippen LogP contribution in [0.15, 0.2) is 60.7 Å². The summed E-state index contributed by atoms with van der Waals surface area (Å²) in [5, 5.41) is 6.25. The molecule has 5 rings (SSSR count). The Labute approximate surface area is 204 Å². The third-order valence-corrected chi connectivity index (χ3v) is 7.21. The number of likely N-dealkylation sites (tertiary alicyclic amines) is 1. The molecule has 1 amide bonds. The largest absolute Gasteiger partial charge is 0.469 e. The van der Waals surface area contributed by atoms with Crippen molar-refractivity contribution in [1.82, 2.24) is 10.2 Å². The van der Waals surface area contributed by atoms with E-state index in [-0.39, 0.29) is 48.5 Å². The Morgan fingerprint density at radius 2 is 1.83 bits per heavy atom. The average Bonchev–Trinajstić information content (AvgIpc) is 3.31. The molecule has 0 aliphatic carbocycles. The summed E-state index contributed by atoms with van der Waals surface area (Å²) in [4.78, 5) is 28.1. The second-order valence-electron chi connectivity index (χ2n) is 9.48. The molecule has 3 aromatic carbocycles. The van der Waals surface area contributed by atoms with Gasteiger partial charge in [0.2, 0.25) is 0 Å². The van der Waals surface area contributed by atoms with Crippen LogP contribution in [0.5, 0.6) is 0 Å². The molecule has 35 heavy (non-hydrogen) atoms. The number of rotatable bonds is 6. The van der Waals surface area contributed by atoms with Gasteiger partial charge in [0, 0.05) is 44.0 Å². The van der Waals surface area contributed by atoms with Gasteiger partial charge in [0.1, 0.15) is 5.82 Å². The molecule has 2 saturated heterocycles. The number of carbonyl (C=O) groups excluding carboxylic acids is 2. The lowest BCUT2D eigenvalue weighted by Gasteiger charge is -2.37. The van der Waals surface area contributed by atoms with Crippen LogP contribution in [0.25, 0.3) is 10.8 Å². The van der Waals surface area contributed by atoms with Gasteiger partial charge in [-0.1, -0.05) is 42.5 Å². The summed E-state index contributed by atoms with van der Waals surface area (Å²) in [6.45, 7) is 4.32. The highest BCUT2D eigenvalue weighted by molar-refractivity contribution is 5.97. The van der Waals surface area contributed by atoms with Gasteiger partial charge >= 0.3 is 5.97 Å². The van der Waals surface area contributed by atoms with Crippen molar-refractivity contribution in [3.05, 3.63) is 77.6 Å². The van der Waals surface area contributed by atoms with Crippen LogP contribution in [0.1, 0.15) is 35.3 Å². The summed E-state index contributed by atoms with van der Waals surface area (Å²) in [6.07, 6.45) is 0.961. The van der Waals surface area contributed by atoms with Crippen molar-refractivity contribution in [2.45, 2.75) is 25.4 Å². The summed E-state index contributed by atoms with van der Waals surface area (Å²) in [5.41, 5.74) is 2.16. The number of anilines is 1. The molecule has 7 heteroatoms. The zero-order valence-electron chi connectivity index (χ0n) is 20.0. The molecule has 2 aliphatic rings. The van der Waals surface area contributed by atoms with Gasteiger partial charge in [-0.2, -0.15) is 0 Å². The number of esters is 1.